The highest BCUT2D eigenvalue weighted by Crippen LogP contribution is 2.28. The second-order valence-corrected chi connectivity index (χ2v) is 5.18. The normalized spacial score (nSPS) is 19.3. The molecule has 1 saturated heterocycles. The van der Waals surface area contributed by atoms with Crippen LogP contribution in [0.1, 0.15) is 30.5 Å². The molecule has 0 radical (unpaired) electrons. The Bertz CT molecular complexity index is 765. The van der Waals surface area contributed by atoms with Crippen molar-refractivity contribution in [1.82, 2.24) is 35.4 Å². The lowest BCUT2D eigenvalue weighted by Gasteiger charge is -2.31. The number of hydrogen-bond acceptors (Lipinski definition) is 8. The van der Waals surface area contributed by atoms with Gasteiger partial charge in [-0.1, -0.05) is 5.16 Å². The lowest BCUT2D eigenvalue weighted by Crippen LogP contribution is -2.35. The maximum Gasteiger partial charge on any atom is 0.231 e. The molecule has 1 aliphatic heterocycles. The summed E-state index contributed by atoms with van der Waals surface area (Å²) in [5.41, 5.74) is 0.639. The van der Waals surface area contributed by atoms with Crippen LogP contribution in [0.4, 0.5) is 5.82 Å². The molecule has 3 aromatic rings. The van der Waals surface area contributed by atoms with Crippen LogP contribution in [-0.4, -0.2) is 48.5 Å². The number of rotatable bonds is 2. The van der Waals surface area contributed by atoms with Crippen LogP contribution in [0.5, 0.6) is 0 Å². The standard InChI is InChI=1S/C12H14N8O/c1-8-13-12(21-16-8)9-3-2-6-19(7-9)11-5-4-10-14-17-18-20(10)15-11/h4-5,9H,2-3,6-7H2,1H3/t9-/m0/s1. The molecular formula is C12H14N8O. The Balaban J connectivity index is 1.59. The molecule has 108 valence electrons. The highest BCUT2D eigenvalue weighted by atomic mass is 16.5. The first-order chi connectivity index (χ1) is 10.3. The Morgan fingerprint density at radius 2 is 2.29 bits per heavy atom. The molecule has 1 atom stereocenters. The summed E-state index contributed by atoms with van der Waals surface area (Å²) in [6, 6.07) is 3.80. The maximum atomic E-state index is 5.30. The fourth-order valence-corrected chi connectivity index (χ4v) is 2.67. The van der Waals surface area contributed by atoms with Crippen molar-refractivity contribution >= 4 is 11.5 Å². The second-order valence-electron chi connectivity index (χ2n) is 5.18. The summed E-state index contributed by atoms with van der Waals surface area (Å²) in [5.74, 6) is 2.48. The highest BCUT2D eigenvalue weighted by Gasteiger charge is 2.26. The molecule has 4 heterocycles. The molecule has 0 aliphatic carbocycles. The van der Waals surface area contributed by atoms with E-state index < -0.39 is 0 Å². The van der Waals surface area contributed by atoms with Crippen molar-refractivity contribution in [3.05, 3.63) is 23.8 Å². The lowest BCUT2D eigenvalue weighted by atomic mass is 9.98. The van der Waals surface area contributed by atoms with Gasteiger partial charge in [0.2, 0.25) is 5.89 Å². The van der Waals surface area contributed by atoms with Crippen LogP contribution in [0.15, 0.2) is 16.7 Å². The first-order valence-corrected chi connectivity index (χ1v) is 6.90. The first-order valence-electron chi connectivity index (χ1n) is 6.90. The summed E-state index contributed by atoms with van der Waals surface area (Å²) in [7, 11) is 0. The van der Waals surface area contributed by atoms with E-state index in [2.05, 4.69) is 35.7 Å². The molecule has 1 fully saturated rings. The molecule has 0 bridgehead atoms. The van der Waals surface area contributed by atoms with Crippen molar-refractivity contribution in [1.29, 1.82) is 0 Å². The Labute approximate surface area is 119 Å². The van der Waals surface area contributed by atoms with E-state index in [9.17, 15) is 0 Å². The van der Waals surface area contributed by atoms with Gasteiger partial charge < -0.3 is 9.42 Å². The molecule has 0 spiro atoms. The smallest absolute Gasteiger partial charge is 0.231 e. The summed E-state index contributed by atoms with van der Waals surface area (Å²) in [5, 5.41) is 19.6. The molecule has 0 unspecified atom stereocenters. The van der Waals surface area contributed by atoms with E-state index >= 15 is 0 Å². The van der Waals surface area contributed by atoms with Crippen molar-refractivity contribution in [3.8, 4) is 0 Å². The fraction of sp³-hybridized carbons (Fsp3) is 0.500. The SMILES string of the molecule is Cc1noc([C@H]2CCCN(c3ccc4nnnn4n3)C2)n1. The minimum atomic E-state index is 0.242. The summed E-state index contributed by atoms with van der Waals surface area (Å²) in [4.78, 5) is 6.54. The van der Waals surface area contributed by atoms with Crippen molar-refractivity contribution in [2.75, 3.05) is 18.0 Å². The van der Waals surface area contributed by atoms with Gasteiger partial charge in [0, 0.05) is 13.1 Å². The van der Waals surface area contributed by atoms with E-state index in [0.29, 0.717) is 17.4 Å². The minimum absolute atomic E-state index is 0.242. The average Bonchev–Trinajstić information content (AvgIpc) is 3.15. The van der Waals surface area contributed by atoms with Gasteiger partial charge in [0.25, 0.3) is 0 Å². The molecule has 9 heteroatoms. The second kappa shape index (κ2) is 4.76. The highest BCUT2D eigenvalue weighted by molar-refractivity contribution is 5.44. The van der Waals surface area contributed by atoms with E-state index in [1.807, 2.05) is 19.1 Å². The number of anilines is 1. The van der Waals surface area contributed by atoms with Crippen molar-refractivity contribution < 1.29 is 4.52 Å². The zero-order chi connectivity index (χ0) is 14.2. The Morgan fingerprint density at radius 1 is 1.33 bits per heavy atom. The average molecular weight is 286 g/mol. The zero-order valence-electron chi connectivity index (χ0n) is 11.5. The van der Waals surface area contributed by atoms with Gasteiger partial charge in [0.1, 0.15) is 0 Å². The van der Waals surface area contributed by atoms with Crippen LogP contribution >= 0.6 is 0 Å². The van der Waals surface area contributed by atoms with Gasteiger partial charge >= 0.3 is 0 Å². The van der Waals surface area contributed by atoms with E-state index in [1.54, 1.807) is 0 Å². The van der Waals surface area contributed by atoms with Crippen LogP contribution in [0.2, 0.25) is 0 Å². The molecule has 9 nitrogen and oxygen atoms in total. The minimum Gasteiger partial charge on any atom is -0.354 e. The molecular weight excluding hydrogens is 272 g/mol. The lowest BCUT2D eigenvalue weighted by molar-refractivity contribution is 0.330. The number of piperidine rings is 1. The van der Waals surface area contributed by atoms with Crippen molar-refractivity contribution in [3.63, 3.8) is 0 Å². The molecule has 0 N–H and O–H groups in total. The zero-order valence-corrected chi connectivity index (χ0v) is 11.5. The fourth-order valence-electron chi connectivity index (χ4n) is 2.67. The Morgan fingerprint density at radius 3 is 3.14 bits per heavy atom. The van der Waals surface area contributed by atoms with Gasteiger partial charge in [-0.25, -0.2) is 0 Å². The predicted octanol–water partition coefficient (Wildman–Crippen LogP) is 0.595. The summed E-state index contributed by atoms with van der Waals surface area (Å²) in [6.45, 7) is 3.59. The third-order valence-corrected chi connectivity index (χ3v) is 3.69. The van der Waals surface area contributed by atoms with E-state index in [4.69, 9.17) is 4.52 Å². The first kappa shape index (κ1) is 12.2. The third kappa shape index (κ3) is 2.20. The monoisotopic (exact) mass is 286 g/mol. The van der Waals surface area contributed by atoms with Crippen LogP contribution < -0.4 is 4.90 Å². The van der Waals surface area contributed by atoms with Crippen LogP contribution in [0.25, 0.3) is 5.65 Å². The van der Waals surface area contributed by atoms with Gasteiger partial charge in [0.15, 0.2) is 17.3 Å². The van der Waals surface area contributed by atoms with Gasteiger partial charge in [-0.2, -0.15) is 4.98 Å². The molecule has 21 heavy (non-hydrogen) atoms. The van der Waals surface area contributed by atoms with Crippen LogP contribution in [-0.2, 0) is 0 Å². The van der Waals surface area contributed by atoms with Gasteiger partial charge in [-0.3, -0.25) is 0 Å². The number of aromatic nitrogens is 7. The number of aryl methyl sites for hydroxylation is 1. The van der Waals surface area contributed by atoms with Crippen molar-refractivity contribution in [2.45, 2.75) is 25.7 Å². The molecule has 1 aliphatic rings. The number of nitrogens with zero attached hydrogens (tertiary/aromatic N) is 8. The quantitative estimate of drug-likeness (QED) is 0.675. The van der Waals surface area contributed by atoms with E-state index in [0.717, 1.165) is 31.7 Å². The topological polar surface area (TPSA) is 98.1 Å². The summed E-state index contributed by atoms with van der Waals surface area (Å²) < 4.78 is 6.74. The molecule has 0 amide bonds. The predicted molar refractivity (Wildman–Crippen MR) is 71.8 cm³/mol. The largest absolute Gasteiger partial charge is 0.354 e. The molecule has 0 saturated carbocycles. The Hall–Kier alpha value is -2.58. The molecule has 4 rings (SSSR count). The third-order valence-electron chi connectivity index (χ3n) is 3.69. The van der Waals surface area contributed by atoms with Gasteiger partial charge in [-0.15, -0.1) is 14.8 Å². The number of hydrogen-bond donors (Lipinski definition) is 0. The maximum absolute atomic E-state index is 5.30. The van der Waals surface area contributed by atoms with Gasteiger partial charge in [-0.05, 0) is 42.3 Å². The summed E-state index contributed by atoms with van der Waals surface area (Å²) >= 11 is 0. The Kier molecular flexibility index (Phi) is 2.76. The van der Waals surface area contributed by atoms with E-state index in [1.165, 1.54) is 4.63 Å². The van der Waals surface area contributed by atoms with Gasteiger partial charge in [0.05, 0.1) is 5.92 Å². The van der Waals surface area contributed by atoms with Crippen LogP contribution in [0.3, 0.4) is 0 Å². The van der Waals surface area contributed by atoms with Crippen LogP contribution in [0, 0.1) is 6.92 Å². The molecule has 0 aromatic carbocycles. The number of tetrazole rings is 1. The molecule has 3 aromatic heterocycles. The van der Waals surface area contributed by atoms with Crippen molar-refractivity contribution in [2.24, 2.45) is 0 Å². The van der Waals surface area contributed by atoms with E-state index in [-0.39, 0.29) is 5.92 Å². The number of fused-ring (bicyclic) bond motifs is 1. The summed E-state index contributed by atoms with van der Waals surface area (Å²) in [6.07, 6.45) is 2.10.